The summed E-state index contributed by atoms with van der Waals surface area (Å²) in [6.07, 6.45) is 2.78. The summed E-state index contributed by atoms with van der Waals surface area (Å²) < 4.78 is 2.08. The fourth-order valence-electron chi connectivity index (χ4n) is 2.97. The highest BCUT2D eigenvalue weighted by molar-refractivity contribution is 6.16. The van der Waals surface area contributed by atoms with Gasteiger partial charge in [-0.15, -0.1) is 11.6 Å². The molecule has 2 aromatic rings. The van der Waals surface area contributed by atoms with E-state index in [1.54, 1.807) is 0 Å². The third-order valence-corrected chi connectivity index (χ3v) is 4.35. The van der Waals surface area contributed by atoms with Gasteiger partial charge in [-0.3, -0.25) is 4.79 Å². The highest BCUT2D eigenvalue weighted by Gasteiger charge is 2.18. The number of carbonyl (C=O) groups is 1. The Morgan fingerprint density at radius 2 is 2.10 bits per heavy atom. The predicted molar refractivity (Wildman–Crippen MR) is 84.5 cm³/mol. The molecule has 0 aliphatic carbocycles. The SMILES string of the molecule is Cc1ccc2c(c1)nc(CCl)n2CCC(=O)N1CCCC1. The third-order valence-electron chi connectivity index (χ3n) is 4.11. The minimum Gasteiger partial charge on any atom is -0.343 e. The van der Waals surface area contributed by atoms with E-state index in [0.717, 1.165) is 42.8 Å². The number of hydrogen-bond donors (Lipinski definition) is 0. The average molecular weight is 306 g/mol. The molecule has 5 heteroatoms. The summed E-state index contributed by atoms with van der Waals surface area (Å²) in [5.74, 6) is 1.44. The Hall–Kier alpha value is -1.55. The summed E-state index contributed by atoms with van der Waals surface area (Å²) in [4.78, 5) is 18.7. The second kappa shape index (κ2) is 6.06. The van der Waals surface area contributed by atoms with Crippen LogP contribution in [0.5, 0.6) is 0 Å². The lowest BCUT2D eigenvalue weighted by Gasteiger charge is -2.16. The minimum atomic E-state index is 0.238. The summed E-state index contributed by atoms with van der Waals surface area (Å²) in [7, 11) is 0. The Kier molecular flexibility index (Phi) is 4.15. The molecule has 1 aromatic heterocycles. The topological polar surface area (TPSA) is 38.1 Å². The number of halogens is 1. The molecular formula is C16H20ClN3O. The zero-order valence-corrected chi connectivity index (χ0v) is 13.1. The number of fused-ring (bicyclic) bond motifs is 1. The number of amides is 1. The van der Waals surface area contributed by atoms with Crippen molar-refractivity contribution < 1.29 is 4.79 Å². The number of aryl methyl sites for hydroxylation is 2. The van der Waals surface area contributed by atoms with Gasteiger partial charge in [0.25, 0.3) is 0 Å². The van der Waals surface area contributed by atoms with Crippen LogP contribution in [0.4, 0.5) is 0 Å². The van der Waals surface area contributed by atoms with Crippen LogP contribution in [-0.2, 0) is 17.2 Å². The number of rotatable bonds is 4. The van der Waals surface area contributed by atoms with Gasteiger partial charge in [0.15, 0.2) is 0 Å². The molecule has 1 aliphatic heterocycles. The molecule has 0 atom stereocenters. The minimum absolute atomic E-state index is 0.238. The maximum atomic E-state index is 12.2. The van der Waals surface area contributed by atoms with Crippen molar-refractivity contribution in [2.45, 2.75) is 38.6 Å². The lowest BCUT2D eigenvalue weighted by molar-refractivity contribution is -0.130. The lowest BCUT2D eigenvalue weighted by Crippen LogP contribution is -2.28. The van der Waals surface area contributed by atoms with Gasteiger partial charge in [-0.2, -0.15) is 0 Å². The van der Waals surface area contributed by atoms with E-state index in [-0.39, 0.29) is 5.91 Å². The van der Waals surface area contributed by atoms with Crippen LogP contribution in [0, 0.1) is 6.92 Å². The Morgan fingerprint density at radius 1 is 1.33 bits per heavy atom. The summed E-state index contributed by atoms with van der Waals surface area (Å²) in [6.45, 7) is 4.52. The van der Waals surface area contributed by atoms with Crippen molar-refractivity contribution in [1.82, 2.24) is 14.5 Å². The normalized spacial score (nSPS) is 15.0. The van der Waals surface area contributed by atoms with Gasteiger partial charge < -0.3 is 9.47 Å². The second-order valence-electron chi connectivity index (χ2n) is 5.64. The molecule has 1 aliphatic rings. The molecule has 1 saturated heterocycles. The van der Waals surface area contributed by atoms with Gasteiger partial charge >= 0.3 is 0 Å². The molecule has 1 amide bonds. The number of imidazole rings is 1. The van der Waals surface area contributed by atoms with Crippen LogP contribution in [0.2, 0.25) is 0 Å². The Bertz CT molecular complexity index is 659. The van der Waals surface area contributed by atoms with E-state index in [0.29, 0.717) is 18.8 Å². The number of nitrogens with zero attached hydrogens (tertiary/aromatic N) is 3. The number of aromatic nitrogens is 2. The van der Waals surface area contributed by atoms with Crippen LogP contribution in [0.3, 0.4) is 0 Å². The van der Waals surface area contributed by atoms with E-state index in [4.69, 9.17) is 11.6 Å². The fraction of sp³-hybridized carbons (Fsp3) is 0.500. The van der Waals surface area contributed by atoms with Crippen molar-refractivity contribution in [2.24, 2.45) is 0 Å². The van der Waals surface area contributed by atoms with E-state index in [1.807, 2.05) is 4.90 Å². The smallest absolute Gasteiger partial charge is 0.224 e. The first kappa shape index (κ1) is 14.4. The lowest BCUT2D eigenvalue weighted by atomic mass is 10.2. The Balaban J connectivity index is 1.80. The maximum absolute atomic E-state index is 12.2. The van der Waals surface area contributed by atoms with E-state index >= 15 is 0 Å². The predicted octanol–water partition coefficient (Wildman–Crippen LogP) is 3.10. The standard InChI is InChI=1S/C16H20ClN3O/c1-12-4-5-14-13(10-12)18-15(11-17)20(14)9-6-16(21)19-7-2-3-8-19/h4-5,10H,2-3,6-9,11H2,1H3. The first-order chi connectivity index (χ1) is 10.2. The number of carbonyl (C=O) groups excluding carboxylic acids is 1. The molecule has 2 heterocycles. The fourth-order valence-corrected chi connectivity index (χ4v) is 3.18. The van der Waals surface area contributed by atoms with E-state index in [9.17, 15) is 4.79 Å². The van der Waals surface area contributed by atoms with Gasteiger partial charge in [-0.05, 0) is 37.5 Å². The molecule has 1 fully saturated rings. The molecule has 0 N–H and O–H groups in total. The maximum Gasteiger partial charge on any atom is 0.224 e. The van der Waals surface area contributed by atoms with Crippen molar-refractivity contribution in [3.63, 3.8) is 0 Å². The first-order valence-corrected chi connectivity index (χ1v) is 8.02. The van der Waals surface area contributed by atoms with Gasteiger partial charge in [-0.1, -0.05) is 6.07 Å². The van der Waals surface area contributed by atoms with Crippen LogP contribution >= 0.6 is 11.6 Å². The summed E-state index contributed by atoms with van der Waals surface area (Å²) in [5, 5.41) is 0. The van der Waals surface area contributed by atoms with Crippen molar-refractivity contribution in [3.8, 4) is 0 Å². The summed E-state index contributed by atoms with van der Waals surface area (Å²) >= 11 is 6.01. The molecule has 0 bridgehead atoms. The van der Waals surface area contributed by atoms with E-state index < -0.39 is 0 Å². The third kappa shape index (κ3) is 2.91. The highest BCUT2D eigenvalue weighted by atomic mass is 35.5. The zero-order chi connectivity index (χ0) is 14.8. The van der Waals surface area contributed by atoms with Crippen molar-refractivity contribution in [1.29, 1.82) is 0 Å². The average Bonchev–Trinajstić information content (AvgIpc) is 3.11. The van der Waals surface area contributed by atoms with Crippen LogP contribution in [0.1, 0.15) is 30.7 Å². The molecular weight excluding hydrogens is 286 g/mol. The van der Waals surface area contributed by atoms with Crippen molar-refractivity contribution in [3.05, 3.63) is 29.6 Å². The molecule has 112 valence electrons. The highest BCUT2D eigenvalue weighted by Crippen LogP contribution is 2.20. The molecule has 0 unspecified atom stereocenters. The number of hydrogen-bond acceptors (Lipinski definition) is 2. The van der Waals surface area contributed by atoms with Gasteiger partial charge in [0.1, 0.15) is 5.82 Å². The largest absolute Gasteiger partial charge is 0.343 e. The van der Waals surface area contributed by atoms with Gasteiger partial charge in [0, 0.05) is 26.1 Å². The molecule has 0 spiro atoms. The van der Waals surface area contributed by atoms with Gasteiger partial charge in [0.2, 0.25) is 5.91 Å². The summed E-state index contributed by atoms with van der Waals surface area (Å²) in [6, 6.07) is 6.19. The molecule has 4 nitrogen and oxygen atoms in total. The zero-order valence-electron chi connectivity index (χ0n) is 12.3. The molecule has 1 aromatic carbocycles. The number of alkyl halides is 1. The quantitative estimate of drug-likeness (QED) is 0.814. The molecule has 0 radical (unpaired) electrons. The van der Waals surface area contributed by atoms with Gasteiger partial charge in [0.05, 0.1) is 16.9 Å². The Morgan fingerprint density at radius 3 is 2.81 bits per heavy atom. The summed E-state index contributed by atoms with van der Waals surface area (Å²) in [5.41, 5.74) is 3.20. The van der Waals surface area contributed by atoms with E-state index in [2.05, 4.69) is 34.7 Å². The second-order valence-corrected chi connectivity index (χ2v) is 5.91. The van der Waals surface area contributed by atoms with Crippen LogP contribution in [0.25, 0.3) is 11.0 Å². The Labute approximate surface area is 129 Å². The number of benzene rings is 1. The molecule has 3 rings (SSSR count). The molecule has 0 saturated carbocycles. The van der Waals surface area contributed by atoms with Crippen molar-refractivity contribution in [2.75, 3.05) is 13.1 Å². The van der Waals surface area contributed by atoms with Crippen molar-refractivity contribution >= 4 is 28.5 Å². The van der Waals surface area contributed by atoms with Crippen LogP contribution in [0.15, 0.2) is 18.2 Å². The first-order valence-electron chi connectivity index (χ1n) is 7.48. The van der Waals surface area contributed by atoms with E-state index in [1.165, 1.54) is 5.56 Å². The molecule has 21 heavy (non-hydrogen) atoms. The van der Waals surface area contributed by atoms with Crippen LogP contribution < -0.4 is 0 Å². The van der Waals surface area contributed by atoms with Crippen LogP contribution in [-0.4, -0.2) is 33.4 Å². The number of likely N-dealkylation sites (tertiary alicyclic amines) is 1. The monoisotopic (exact) mass is 305 g/mol. The van der Waals surface area contributed by atoms with Gasteiger partial charge in [-0.25, -0.2) is 4.98 Å².